The van der Waals surface area contributed by atoms with Crippen LogP contribution in [0.15, 0.2) is 22.7 Å². The number of nitrogens with one attached hydrogen (secondary N) is 1. The molecule has 1 aromatic carbocycles. The molecule has 0 fully saturated rings. The maximum atomic E-state index is 11.9. The number of benzene rings is 1. The van der Waals surface area contributed by atoms with Crippen molar-refractivity contribution in [2.45, 2.75) is 33.1 Å². The predicted molar refractivity (Wildman–Crippen MR) is 78.7 cm³/mol. The summed E-state index contributed by atoms with van der Waals surface area (Å²) < 4.78 is 4.96. The quantitative estimate of drug-likeness (QED) is 0.848. The lowest BCUT2D eigenvalue weighted by Gasteiger charge is -2.09. The topological polar surface area (TPSA) is 105 Å². The van der Waals surface area contributed by atoms with Gasteiger partial charge in [0.2, 0.25) is 11.8 Å². The van der Waals surface area contributed by atoms with Gasteiger partial charge in [0.15, 0.2) is 5.82 Å². The molecule has 0 atom stereocenters. The number of hydrogen-bond acceptors (Lipinski definition) is 5. The van der Waals surface area contributed by atoms with Crippen LogP contribution in [0.1, 0.15) is 40.5 Å². The van der Waals surface area contributed by atoms with E-state index in [0.29, 0.717) is 30.2 Å². The SMILES string of the molecule is Cc1ccc(NC(=O)CCCc2nc(C)no2)c(C(=O)O)c1. The van der Waals surface area contributed by atoms with Crippen LogP contribution in [0.4, 0.5) is 5.69 Å². The van der Waals surface area contributed by atoms with Gasteiger partial charge in [-0.25, -0.2) is 4.79 Å². The van der Waals surface area contributed by atoms with Gasteiger partial charge < -0.3 is 14.9 Å². The Morgan fingerprint density at radius 2 is 2.09 bits per heavy atom. The van der Waals surface area contributed by atoms with Crippen LogP contribution in [0.25, 0.3) is 0 Å². The van der Waals surface area contributed by atoms with Gasteiger partial charge in [0, 0.05) is 12.8 Å². The molecule has 0 aliphatic rings. The standard InChI is InChI=1S/C15H17N3O4/c1-9-6-7-12(11(8-9)15(20)21)17-13(19)4-3-5-14-16-10(2)18-22-14/h6-8H,3-5H2,1-2H3,(H,17,19)(H,20,21). The molecule has 2 N–H and O–H groups in total. The predicted octanol–water partition coefficient (Wildman–Crippen LogP) is 2.35. The third-order valence-electron chi connectivity index (χ3n) is 3.04. The zero-order valence-electron chi connectivity index (χ0n) is 12.4. The molecule has 0 unspecified atom stereocenters. The normalized spacial score (nSPS) is 10.5. The summed E-state index contributed by atoms with van der Waals surface area (Å²) in [5.74, 6) is -0.264. The van der Waals surface area contributed by atoms with E-state index in [0.717, 1.165) is 5.56 Å². The van der Waals surface area contributed by atoms with Crippen molar-refractivity contribution in [1.29, 1.82) is 0 Å². The van der Waals surface area contributed by atoms with E-state index in [1.807, 2.05) is 0 Å². The maximum absolute atomic E-state index is 11.9. The third kappa shape index (κ3) is 4.15. The summed E-state index contributed by atoms with van der Waals surface area (Å²) >= 11 is 0. The number of aromatic nitrogens is 2. The number of anilines is 1. The number of aryl methyl sites for hydroxylation is 3. The number of carboxylic acid groups (broad SMARTS) is 1. The number of carbonyl (C=O) groups is 2. The number of hydrogen-bond donors (Lipinski definition) is 2. The van der Waals surface area contributed by atoms with Gasteiger partial charge in [-0.15, -0.1) is 0 Å². The average Bonchev–Trinajstić information content (AvgIpc) is 2.86. The lowest BCUT2D eigenvalue weighted by Crippen LogP contribution is -2.14. The first kappa shape index (κ1) is 15.7. The third-order valence-corrected chi connectivity index (χ3v) is 3.04. The first-order valence-electron chi connectivity index (χ1n) is 6.88. The Morgan fingerprint density at radius 3 is 2.73 bits per heavy atom. The van der Waals surface area contributed by atoms with E-state index in [-0.39, 0.29) is 17.9 Å². The molecule has 0 bridgehead atoms. The van der Waals surface area contributed by atoms with Gasteiger partial charge in [-0.1, -0.05) is 16.8 Å². The van der Waals surface area contributed by atoms with Crippen LogP contribution in [-0.4, -0.2) is 27.1 Å². The van der Waals surface area contributed by atoms with Crippen LogP contribution in [0.3, 0.4) is 0 Å². The minimum Gasteiger partial charge on any atom is -0.478 e. The van der Waals surface area contributed by atoms with Crippen LogP contribution in [0.2, 0.25) is 0 Å². The summed E-state index contributed by atoms with van der Waals surface area (Å²) in [6, 6.07) is 4.88. The van der Waals surface area contributed by atoms with Crippen molar-refractivity contribution in [2.24, 2.45) is 0 Å². The van der Waals surface area contributed by atoms with E-state index in [4.69, 9.17) is 9.63 Å². The Labute approximate surface area is 127 Å². The van der Waals surface area contributed by atoms with Crippen molar-refractivity contribution in [3.05, 3.63) is 41.0 Å². The van der Waals surface area contributed by atoms with Gasteiger partial charge in [-0.2, -0.15) is 4.98 Å². The number of nitrogens with zero attached hydrogens (tertiary/aromatic N) is 2. The summed E-state index contributed by atoms with van der Waals surface area (Å²) in [6.45, 7) is 3.52. The molecule has 0 saturated heterocycles. The number of aromatic carboxylic acids is 1. The van der Waals surface area contributed by atoms with E-state index >= 15 is 0 Å². The molecule has 1 aromatic heterocycles. The molecule has 0 spiro atoms. The Balaban J connectivity index is 1.90. The fourth-order valence-electron chi connectivity index (χ4n) is 2.00. The summed E-state index contributed by atoms with van der Waals surface area (Å²) in [5, 5.41) is 15.4. The summed E-state index contributed by atoms with van der Waals surface area (Å²) in [6.07, 6.45) is 1.30. The minimum atomic E-state index is -1.07. The van der Waals surface area contributed by atoms with Crippen LogP contribution in [0.5, 0.6) is 0 Å². The molecule has 0 aliphatic carbocycles. The molecular formula is C15H17N3O4. The molecule has 22 heavy (non-hydrogen) atoms. The molecule has 7 heteroatoms. The smallest absolute Gasteiger partial charge is 0.337 e. The van der Waals surface area contributed by atoms with E-state index in [9.17, 15) is 9.59 Å². The Kier molecular flexibility index (Phi) is 4.88. The second-order valence-corrected chi connectivity index (χ2v) is 4.99. The Bertz CT molecular complexity index is 694. The highest BCUT2D eigenvalue weighted by Crippen LogP contribution is 2.18. The summed E-state index contributed by atoms with van der Waals surface area (Å²) in [4.78, 5) is 27.1. The van der Waals surface area contributed by atoms with E-state index in [1.165, 1.54) is 6.07 Å². The minimum absolute atomic E-state index is 0.0841. The largest absolute Gasteiger partial charge is 0.478 e. The fourth-order valence-corrected chi connectivity index (χ4v) is 2.00. The van der Waals surface area contributed by atoms with Crippen LogP contribution < -0.4 is 5.32 Å². The number of rotatable bonds is 6. The zero-order chi connectivity index (χ0) is 16.1. The fraction of sp³-hybridized carbons (Fsp3) is 0.333. The lowest BCUT2D eigenvalue weighted by atomic mass is 10.1. The van der Waals surface area contributed by atoms with Gasteiger partial charge in [0.25, 0.3) is 0 Å². The molecule has 2 aromatic rings. The molecule has 2 rings (SSSR count). The molecular weight excluding hydrogens is 286 g/mol. The molecule has 1 heterocycles. The first-order chi connectivity index (χ1) is 10.5. The maximum Gasteiger partial charge on any atom is 0.337 e. The number of carbonyl (C=O) groups excluding carboxylic acids is 1. The van der Waals surface area contributed by atoms with Crippen LogP contribution >= 0.6 is 0 Å². The zero-order valence-corrected chi connectivity index (χ0v) is 12.4. The lowest BCUT2D eigenvalue weighted by molar-refractivity contribution is -0.116. The molecule has 7 nitrogen and oxygen atoms in total. The highest BCUT2D eigenvalue weighted by Gasteiger charge is 2.13. The van der Waals surface area contributed by atoms with Crippen molar-refractivity contribution in [3.8, 4) is 0 Å². The van der Waals surface area contributed by atoms with Gasteiger partial charge in [0.1, 0.15) is 0 Å². The van der Waals surface area contributed by atoms with Gasteiger partial charge in [-0.3, -0.25) is 4.79 Å². The highest BCUT2D eigenvalue weighted by molar-refractivity contribution is 6.00. The van der Waals surface area contributed by atoms with Crippen LogP contribution in [-0.2, 0) is 11.2 Å². The van der Waals surface area contributed by atoms with Crippen molar-refractivity contribution in [1.82, 2.24) is 10.1 Å². The van der Waals surface area contributed by atoms with E-state index in [2.05, 4.69) is 15.5 Å². The number of amides is 1. The van der Waals surface area contributed by atoms with E-state index < -0.39 is 5.97 Å². The molecule has 0 radical (unpaired) electrons. The second-order valence-electron chi connectivity index (χ2n) is 4.99. The van der Waals surface area contributed by atoms with Gasteiger partial charge >= 0.3 is 5.97 Å². The molecule has 0 aliphatic heterocycles. The van der Waals surface area contributed by atoms with E-state index in [1.54, 1.807) is 26.0 Å². The average molecular weight is 303 g/mol. The molecule has 116 valence electrons. The Hall–Kier alpha value is -2.70. The first-order valence-corrected chi connectivity index (χ1v) is 6.88. The van der Waals surface area contributed by atoms with Crippen molar-refractivity contribution < 1.29 is 19.2 Å². The number of carboxylic acids is 1. The van der Waals surface area contributed by atoms with Gasteiger partial charge in [-0.05, 0) is 32.4 Å². The van der Waals surface area contributed by atoms with Gasteiger partial charge in [0.05, 0.1) is 11.3 Å². The van der Waals surface area contributed by atoms with Crippen molar-refractivity contribution in [2.75, 3.05) is 5.32 Å². The van der Waals surface area contributed by atoms with Crippen molar-refractivity contribution >= 4 is 17.6 Å². The molecule has 0 saturated carbocycles. The second kappa shape index (κ2) is 6.84. The summed E-state index contributed by atoms with van der Waals surface area (Å²) in [7, 11) is 0. The monoisotopic (exact) mass is 303 g/mol. The highest BCUT2D eigenvalue weighted by atomic mass is 16.5. The molecule has 1 amide bonds. The Morgan fingerprint density at radius 1 is 1.32 bits per heavy atom. The van der Waals surface area contributed by atoms with Crippen molar-refractivity contribution in [3.63, 3.8) is 0 Å². The summed E-state index contributed by atoms with van der Waals surface area (Å²) in [5.41, 5.74) is 1.21. The van der Waals surface area contributed by atoms with Crippen LogP contribution in [0, 0.1) is 13.8 Å².